The highest BCUT2D eigenvalue weighted by Crippen LogP contribution is 2.37. The Morgan fingerprint density at radius 3 is 1.92 bits per heavy atom. The lowest BCUT2D eigenvalue weighted by Gasteiger charge is -2.20. The molecule has 1 aliphatic rings. The van der Waals surface area contributed by atoms with Gasteiger partial charge in [-0.25, -0.2) is 4.39 Å². The van der Waals surface area contributed by atoms with Gasteiger partial charge in [-0.1, -0.05) is 13.8 Å². The summed E-state index contributed by atoms with van der Waals surface area (Å²) in [7, 11) is 0. The number of alkyl halides is 4. The van der Waals surface area contributed by atoms with Gasteiger partial charge in [-0.05, 0) is 6.54 Å². The number of hydrogen-bond donors (Lipinski definition) is 1. The lowest BCUT2D eigenvalue weighted by atomic mass is 10.1. The largest absolute Gasteiger partial charge is 0.423 e. The number of rotatable bonds is 0. The van der Waals surface area contributed by atoms with Gasteiger partial charge in [0, 0.05) is 13.0 Å². The van der Waals surface area contributed by atoms with Gasteiger partial charge in [-0.2, -0.15) is 13.2 Å². The molecule has 0 aliphatic carbocycles. The van der Waals surface area contributed by atoms with Crippen molar-refractivity contribution in [3.05, 3.63) is 0 Å². The molecule has 1 rings (SSSR count). The smallest absolute Gasteiger partial charge is 0.313 e. The van der Waals surface area contributed by atoms with E-state index in [4.69, 9.17) is 0 Å². The fourth-order valence-corrected chi connectivity index (χ4v) is 0.903. The summed E-state index contributed by atoms with van der Waals surface area (Å²) in [6.45, 7) is 3.51. The highest BCUT2D eigenvalue weighted by Gasteiger charge is 2.57. The lowest BCUT2D eigenvalue weighted by molar-refractivity contribution is -0.222. The topological polar surface area (TPSA) is 12.0 Å². The summed E-state index contributed by atoms with van der Waals surface area (Å²) >= 11 is 0. The molecule has 0 bridgehead atoms. The van der Waals surface area contributed by atoms with E-state index in [-0.39, 0.29) is 6.54 Å². The molecule has 1 aliphatic heterocycles. The van der Waals surface area contributed by atoms with E-state index in [1.54, 1.807) is 0 Å². The van der Waals surface area contributed by atoms with Crippen LogP contribution in [0.4, 0.5) is 17.6 Å². The molecule has 0 aromatic rings. The van der Waals surface area contributed by atoms with E-state index in [9.17, 15) is 17.6 Å². The van der Waals surface area contributed by atoms with Gasteiger partial charge in [-0.3, -0.25) is 0 Å². The average molecular weight is 187 g/mol. The minimum absolute atomic E-state index is 0.107. The van der Waals surface area contributed by atoms with Gasteiger partial charge in [0.25, 0.3) is 0 Å². The predicted octanol–water partition coefficient (Wildman–Crippen LogP) is 2.28. The van der Waals surface area contributed by atoms with Crippen LogP contribution < -0.4 is 5.32 Å². The summed E-state index contributed by atoms with van der Waals surface area (Å²) in [6, 6.07) is 0. The van der Waals surface area contributed by atoms with Crippen LogP contribution in [0, 0.1) is 0 Å². The van der Waals surface area contributed by atoms with Gasteiger partial charge < -0.3 is 5.32 Å². The summed E-state index contributed by atoms with van der Waals surface area (Å²) in [6.07, 6.45) is -5.17. The van der Waals surface area contributed by atoms with E-state index in [1.165, 1.54) is 0 Å². The molecule has 0 aromatic carbocycles. The van der Waals surface area contributed by atoms with Crippen LogP contribution in [0.1, 0.15) is 20.3 Å². The first-order valence-electron chi connectivity index (χ1n) is 3.92. The molecule has 74 valence electrons. The molecule has 0 amide bonds. The molecule has 0 spiro atoms. The minimum atomic E-state index is -4.71. The Labute approximate surface area is 69.1 Å². The van der Waals surface area contributed by atoms with Gasteiger partial charge in [0.2, 0.25) is 5.67 Å². The minimum Gasteiger partial charge on any atom is -0.313 e. The van der Waals surface area contributed by atoms with Crippen LogP contribution in [-0.2, 0) is 0 Å². The predicted molar refractivity (Wildman–Crippen MR) is 38.7 cm³/mol. The summed E-state index contributed by atoms with van der Waals surface area (Å²) in [5.41, 5.74) is -2.98. The molecule has 0 aromatic heterocycles. The van der Waals surface area contributed by atoms with Gasteiger partial charge >= 0.3 is 6.18 Å². The maximum atomic E-state index is 12.6. The van der Waals surface area contributed by atoms with Crippen LogP contribution in [0.5, 0.6) is 0 Å². The van der Waals surface area contributed by atoms with Crippen molar-refractivity contribution >= 4 is 0 Å². The molecule has 12 heavy (non-hydrogen) atoms. The van der Waals surface area contributed by atoms with E-state index in [1.807, 2.05) is 13.8 Å². The zero-order valence-corrected chi connectivity index (χ0v) is 7.13. The van der Waals surface area contributed by atoms with Crippen LogP contribution in [0.15, 0.2) is 0 Å². The first-order chi connectivity index (χ1) is 5.46. The standard InChI is InChI=1S/C5H7F4N.C2H6/c6-4(5(7,8)9)1-2-10-3-4;1-2/h10H,1-3H2;1-2H3. The van der Waals surface area contributed by atoms with E-state index in [0.717, 1.165) is 0 Å². The Bertz CT molecular complexity index is 126. The van der Waals surface area contributed by atoms with Gasteiger partial charge in [0.1, 0.15) is 0 Å². The molecule has 0 saturated carbocycles. The van der Waals surface area contributed by atoms with E-state index < -0.39 is 24.8 Å². The zero-order valence-electron chi connectivity index (χ0n) is 7.13. The first-order valence-corrected chi connectivity index (χ1v) is 3.92. The van der Waals surface area contributed by atoms with Crippen molar-refractivity contribution in [3.8, 4) is 0 Å². The van der Waals surface area contributed by atoms with Crippen LogP contribution in [0.3, 0.4) is 0 Å². The second kappa shape index (κ2) is 4.07. The maximum Gasteiger partial charge on any atom is 0.423 e. The third-order valence-corrected chi connectivity index (χ3v) is 1.61. The van der Waals surface area contributed by atoms with E-state index in [0.29, 0.717) is 0 Å². The molecule has 1 heterocycles. The lowest BCUT2D eigenvalue weighted by Crippen LogP contribution is -2.42. The first kappa shape index (κ1) is 11.7. The van der Waals surface area contributed by atoms with Crippen LogP contribution in [0.2, 0.25) is 0 Å². The van der Waals surface area contributed by atoms with Gasteiger partial charge in [-0.15, -0.1) is 0 Å². The number of hydrogen-bond acceptors (Lipinski definition) is 1. The summed E-state index contributed by atoms with van der Waals surface area (Å²) in [5, 5.41) is 2.32. The Hall–Kier alpha value is -0.320. The SMILES string of the molecule is CC.FC(F)(F)C1(F)CCNC1. The molecule has 1 fully saturated rings. The second-order valence-electron chi connectivity index (χ2n) is 2.39. The zero-order chi connectivity index (χ0) is 9.83. The maximum absolute atomic E-state index is 12.6. The third kappa shape index (κ3) is 2.33. The molecule has 1 N–H and O–H groups in total. The van der Waals surface area contributed by atoms with E-state index in [2.05, 4.69) is 5.32 Å². The van der Waals surface area contributed by atoms with Crippen molar-refractivity contribution in [2.75, 3.05) is 13.1 Å². The van der Waals surface area contributed by atoms with Crippen LogP contribution >= 0.6 is 0 Å². The summed E-state index contributed by atoms with van der Waals surface area (Å²) < 4.78 is 47.8. The van der Waals surface area contributed by atoms with Crippen LogP contribution in [-0.4, -0.2) is 24.9 Å². The van der Waals surface area contributed by atoms with Crippen molar-refractivity contribution in [2.24, 2.45) is 0 Å². The fourth-order valence-electron chi connectivity index (χ4n) is 0.903. The summed E-state index contributed by atoms with van der Waals surface area (Å²) in [5.74, 6) is 0. The average Bonchev–Trinajstić information content (AvgIpc) is 2.40. The van der Waals surface area contributed by atoms with Crippen molar-refractivity contribution in [1.82, 2.24) is 5.32 Å². The van der Waals surface area contributed by atoms with Crippen molar-refractivity contribution in [2.45, 2.75) is 32.1 Å². The highest BCUT2D eigenvalue weighted by molar-refractivity contribution is 4.94. The Morgan fingerprint density at radius 1 is 1.25 bits per heavy atom. The molecular formula is C7H13F4N. The molecular weight excluding hydrogens is 174 g/mol. The molecule has 1 atom stereocenters. The molecule has 1 saturated heterocycles. The molecule has 0 radical (unpaired) electrons. The number of nitrogens with one attached hydrogen (secondary N) is 1. The third-order valence-electron chi connectivity index (χ3n) is 1.61. The normalized spacial score (nSPS) is 29.5. The Kier molecular flexibility index (Phi) is 3.96. The number of halogens is 4. The van der Waals surface area contributed by atoms with E-state index >= 15 is 0 Å². The monoisotopic (exact) mass is 187 g/mol. The Morgan fingerprint density at radius 2 is 1.75 bits per heavy atom. The molecule has 1 unspecified atom stereocenters. The quantitative estimate of drug-likeness (QED) is 0.573. The van der Waals surface area contributed by atoms with Crippen LogP contribution in [0.25, 0.3) is 0 Å². The van der Waals surface area contributed by atoms with Gasteiger partial charge in [0.05, 0.1) is 0 Å². The van der Waals surface area contributed by atoms with Gasteiger partial charge in [0.15, 0.2) is 0 Å². The van der Waals surface area contributed by atoms with Crippen molar-refractivity contribution in [1.29, 1.82) is 0 Å². The summed E-state index contributed by atoms with van der Waals surface area (Å²) in [4.78, 5) is 0. The van der Waals surface area contributed by atoms with Crippen molar-refractivity contribution in [3.63, 3.8) is 0 Å². The second-order valence-corrected chi connectivity index (χ2v) is 2.39. The Balaban J connectivity index is 0.000000561. The fraction of sp³-hybridized carbons (Fsp3) is 1.00. The highest BCUT2D eigenvalue weighted by atomic mass is 19.4. The molecule has 5 heteroatoms. The molecule has 1 nitrogen and oxygen atoms in total. The van der Waals surface area contributed by atoms with Crippen molar-refractivity contribution < 1.29 is 17.6 Å².